The van der Waals surface area contributed by atoms with Gasteiger partial charge in [-0.3, -0.25) is 4.90 Å². The Bertz CT molecular complexity index is 251. The van der Waals surface area contributed by atoms with Crippen LogP contribution in [-0.2, 0) is 0 Å². The van der Waals surface area contributed by atoms with Crippen LogP contribution in [0.3, 0.4) is 0 Å². The first-order valence-corrected chi connectivity index (χ1v) is 7.25. The maximum absolute atomic E-state index is 8.98. The maximum Gasteiger partial charge on any atom is 0.0638 e. The third kappa shape index (κ3) is 3.69. The second-order valence-corrected chi connectivity index (χ2v) is 5.46. The minimum atomic E-state index is 0.450. The van der Waals surface area contributed by atoms with Crippen LogP contribution < -0.4 is 5.32 Å². The summed E-state index contributed by atoms with van der Waals surface area (Å²) in [5.41, 5.74) is 0. The third-order valence-electron chi connectivity index (χ3n) is 4.24. The lowest BCUT2D eigenvalue weighted by atomic mass is 10.0. The van der Waals surface area contributed by atoms with Crippen molar-refractivity contribution in [2.24, 2.45) is 0 Å². The zero-order chi connectivity index (χ0) is 11.9. The number of nitrogens with zero attached hydrogens (tertiary/aromatic N) is 2. The van der Waals surface area contributed by atoms with Gasteiger partial charge in [-0.2, -0.15) is 5.26 Å². The molecular formula is C14H25N3. The average molecular weight is 235 g/mol. The summed E-state index contributed by atoms with van der Waals surface area (Å²) in [6.45, 7) is 3.30. The SMILES string of the molecule is N#CCC1CNCCCN1C1CCCCCC1. The molecule has 1 N–H and O–H groups in total. The van der Waals surface area contributed by atoms with Crippen molar-refractivity contribution in [3.8, 4) is 6.07 Å². The van der Waals surface area contributed by atoms with Gasteiger partial charge in [0.15, 0.2) is 0 Å². The molecule has 1 saturated heterocycles. The van der Waals surface area contributed by atoms with E-state index in [9.17, 15) is 0 Å². The number of hydrogen-bond acceptors (Lipinski definition) is 3. The van der Waals surface area contributed by atoms with Crippen molar-refractivity contribution in [3.63, 3.8) is 0 Å². The minimum absolute atomic E-state index is 0.450. The lowest BCUT2D eigenvalue weighted by Crippen LogP contribution is -2.45. The second kappa shape index (κ2) is 6.98. The standard InChI is InChI=1S/C14H25N3/c15-9-8-14-12-16-10-5-11-17(14)13-6-3-1-2-4-7-13/h13-14,16H,1-8,10-12H2. The smallest absolute Gasteiger partial charge is 0.0638 e. The van der Waals surface area contributed by atoms with E-state index < -0.39 is 0 Å². The van der Waals surface area contributed by atoms with Gasteiger partial charge < -0.3 is 5.32 Å². The molecule has 96 valence electrons. The molecule has 3 nitrogen and oxygen atoms in total. The summed E-state index contributed by atoms with van der Waals surface area (Å²) in [6, 6.07) is 3.56. The van der Waals surface area contributed by atoms with Crippen molar-refractivity contribution in [2.75, 3.05) is 19.6 Å². The van der Waals surface area contributed by atoms with Crippen molar-refractivity contribution >= 4 is 0 Å². The van der Waals surface area contributed by atoms with E-state index in [2.05, 4.69) is 16.3 Å². The van der Waals surface area contributed by atoms with Gasteiger partial charge in [-0.1, -0.05) is 25.7 Å². The molecule has 1 aliphatic carbocycles. The highest BCUT2D eigenvalue weighted by Gasteiger charge is 2.27. The molecule has 1 unspecified atom stereocenters. The van der Waals surface area contributed by atoms with Gasteiger partial charge in [0.1, 0.15) is 0 Å². The summed E-state index contributed by atoms with van der Waals surface area (Å²) in [5.74, 6) is 0. The molecule has 1 atom stereocenters. The molecule has 1 aliphatic heterocycles. The monoisotopic (exact) mass is 235 g/mol. The van der Waals surface area contributed by atoms with E-state index in [1.54, 1.807) is 0 Å². The second-order valence-electron chi connectivity index (χ2n) is 5.46. The highest BCUT2D eigenvalue weighted by molar-refractivity contribution is 4.90. The minimum Gasteiger partial charge on any atom is -0.315 e. The molecule has 17 heavy (non-hydrogen) atoms. The summed E-state index contributed by atoms with van der Waals surface area (Å²) in [7, 11) is 0. The maximum atomic E-state index is 8.98. The van der Waals surface area contributed by atoms with Crippen LogP contribution in [0.25, 0.3) is 0 Å². The van der Waals surface area contributed by atoms with Crippen LogP contribution in [0.5, 0.6) is 0 Å². The van der Waals surface area contributed by atoms with Gasteiger partial charge in [-0.15, -0.1) is 0 Å². The van der Waals surface area contributed by atoms with Crippen molar-refractivity contribution < 1.29 is 0 Å². The summed E-state index contributed by atoms with van der Waals surface area (Å²) in [5, 5.41) is 12.5. The van der Waals surface area contributed by atoms with Crippen LogP contribution >= 0.6 is 0 Å². The van der Waals surface area contributed by atoms with E-state index in [0.717, 1.165) is 19.1 Å². The number of nitriles is 1. The Morgan fingerprint density at radius 2 is 1.88 bits per heavy atom. The molecule has 0 aromatic carbocycles. The van der Waals surface area contributed by atoms with Gasteiger partial charge in [0.25, 0.3) is 0 Å². The normalized spacial score (nSPS) is 29.2. The lowest BCUT2D eigenvalue weighted by Gasteiger charge is -2.35. The molecule has 0 aromatic heterocycles. The molecular weight excluding hydrogens is 210 g/mol. The average Bonchev–Trinajstić information content (AvgIpc) is 2.71. The summed E-state index contributed by atoms with van der Waals surface area (Å²) in [4.78, 5) is 2.65. The lowest BCUT2D eigenvalue weighted by molar-refractivity contribution is 0.131. The zero-order valence-electron chi connectivity index (χ0n) is 10.8. The van der Waals surface area contributed by atoms with Gasteiger partial charge >= 0.3 is 0 Å². The van der Waals surface area contributed by atoms with E-state index in [1.807, 2.05) is 0 Å². The van der Waals surface area contributed by atoms with Gasteiger partial charge in [0.05, 0.1) is 12.5 Å². The van der Waals surface area contributed by atoms with Crippen molar-refractivity contribution in [2.45, 2.75) is 63.5 Å². The third-order valence-corrected chi connectivity index (χ3v) is 4.24. The number of nitrogens with one attached hydrogen (secondary N) is 1. The van der Waals surface area contributed by atoms with Crippen LogP contribution in [-0.4, -0.2) is 36.6 Å². The molecule has 0 amide bonds. The van der Waals surface area contributed by atoms with Crippen molar-refractivity contribution in [1.82, 2.24) is 10.2 Å². The molecule has 0 aromatic rings. The molecule has 2 aliphatic rings. The quantitative estimate of drug-likeness (QED) is 0.746. The van der Waals surface area contributed by atoms with Crippen molar-refractivity contribution in [3.05, 3.63) is 0 Å². The highest BCUT2D eigenvalue weighted by Crippen LogP contribution is 2.25. The molecule has 0 spiro atoms. The van der Waals surface area contributed by atoms with Crippen LogP contribution in [0.4, 0.5) is 0 Å². The Labute approximate surface area is 105 Å². The summed E-state index contributed by atoms with van der Waals surface area (Å²) < 4.78 is 0. The Morgan fingerprint density at radius 3 is 2.59 bits per heavy atom. The first-order chi connectivity index (χ1) is 8.42. The first-order valence-electron chi connectivity index (χ1n) is 7.25. The van der Waals surface area contributed by atoms with Crippen LogP contribution in [0.15, 0.2) is 0 Å². The Kier molecular flexibility index (Phi) is 5.28. The van der Waals surface area contributed by atoms with E-state index in [1.165, 1.54) is 51.5 Å². The van der Waals surface area contributed by atoms with E-state index in [0.29, 0.717) is 12.5 Å². The molecule has 2 rings (SSSR count). The predicted molar refractivity (Wildman–Crippen MR) is 69.7 cm³/mol. The van der Waals surface area contributed by atoms with Gasteiger partial charge in [0, 0.05) is 25.2 Å². The van der Waals surface area contributed by atoms with Crippen LogP contribution in [0.2, 0.25) is 0 Å². The Morgan fingerprint density at radius 1 is 1.12 bits per heavy atom. The number of hydrogen-bond donors (Lipinski definition) is 1. The fourth-order valence-electron chi connectivity index (χ4n) is 3.32. The Balaban J connectivity index is 1.99. The highest BCUT2D eigenvalue weighted by atomic mass is 15.2. The van der Waals surface area contributed by atoms with E-state index in [-0.39, 0.29) is 0 Å². The predicted octanol–water partition coefficient (Wildman–Crippen LogP) is 2.29. The molecule has 2 fully saturated rings. The number of rotatable bonds is 2. The first kappa shape index (κ1) is 12.9. The molecule has 0 radical (unpaired) electrons. The summed E-state index contributed by atoms with van der Waals surface area (Å²) in [6.07, 6.45) is 10.2. The fourth-order valence-corrected chi connectivity index (χ4v) is 3.32. The molecule has 1 saturated carbocycles. The van der Waals surface area contributed by atoms with Gasteiger partial charge in [0.2, 0.25) is 0 Å². The van der Waals surface area contributed by atoms with Gasteiger partial charge in [-0.05, 0) is 25.8 Å². The fraction of sp³-hybridized carbons (Fsp3) is 0.929. The van der Waals surface area contributed by atoms with Crippen LogP contribution in [0.1, 0.15) is 51.4 Å². The van der Waals surface area contributed by atoms with Gasteiger partial charge in [-0.25, -0.2) is 0 Å². The largest absolute Gasteiger partial charge is 0.315 e. The van der Waals surface area contributed by atoms with E-state index >= 15 is 0 Å². The topological polar surface area (TPSA) is 39.1 Å². The van der Waals surface area contributed by atoms with Crippen LogP contribution in [0, 0.1) is 11.3 Å². The summed E-state index contributed by atoms with van der Waals surface area (Å²) >= 11 is 0. The van der Waals surface area contributed by atoms with E-state index in [4.69, 9.17) is 5.26 Å². The molecule has 0 bridgehead atoms. The molecule has 1 heterocycles. The molecule has 3 heteroatoms. The van der Waals surface area contributed by atoms with Crippen molar-refractivity contribution in [1.29, 1.82) is 5.26 Å². The zero-order valence-corrected chi connectivity index (χ0v) is 10.8. The Hall–Kier alpha value is -0.590.